The van der Waals surface area contributed by atoms with E-state index in [2.05, 4.69) is 34.6 Å². The van der Waals surface area contributed by atoms with E-state index >= 15 is 0 Å². The number of amides is 1. The van der Waals surface area contributed by atoms with Crippen molar-refractivity contribution in [2.45, 2.75) is 66.3 Å². The Morgan fingerprint density at radius 3 is 2.42 bits per heavy atom. The summed E-state index contributed by atoms with van der Waals surface area (Å²) in [6.07, 6.45) is 4.25. The Labute approximate surface area is 118 Å². The Morgan fingerprint density at radius 1 is 1.26 bits per heavy atom. The van der Waals surface area contributed by atoms with Crippen molar-refractivity contribution in [1.29, 1.82) is 0 Å². The molecule has 1 fully saturated rings. The number of nitrogens with zero attached hydrogens (tertiary/aromatic N) is 1. The number of hydrogen-bond donors (Lipinski definition) is 1. The van der Waals surface area contributed by atoms with Gasteiger partial charge in [-0.3, -0.25) is 4.79 Å². The zero-order valence-electron chi connectivity index (χ0n) is 13.4. The average molecular weight is 268 g/mol. The molecule has 1 heterocycles. The number of carbonyl (C=O) groups excluding carboxylic acids is 1. The van der Waals surface area contributed by atoms with E-state index in [0.29, 0.717) is 17.3 Å². The summed E-state index contributed by atoms with van der Waals surface area (Å²) >= 11 is 0. The van der Waals surface area contributed by atoms with Crippen molar-refractivity contribution in [1.82, 2.24) is 4.90 Å². The van der Waals surface area contributed by atoms with Crippen LogP contribution < -0.4 is 5.73 Å². The molecule has 0 radical (unpaired) electrons. The first kappa shape index (κ1) is 16.5. The van der Waals surface area contributed by atoms with Gasteiger partial charge in [0.05, 0.1) is 6.04 Å². The summed E-state index contributed by atoms with van der Waals surface area (Å²) in [5, 5.41) is 0. The van der Waals surface area contributed by atoms with Crippen LogP contribution in [0.3, 0.4) is 0 Å². The van der Waals surface area contributed by atoms with Gasteiger partial charge in [-0.1, -0.05) is 34.6 Å². The monoisotopic (exact) mass is 268 g/mol. The SMILES string of the molecule is CC(C)CC(N)C(=O)N1CCCC(C(C)(C)C)CC1. The van der Waals surface area contributed by atoms with E-state index in [1.807, 2.05) is 4.90 Å². The van der Waals surface area contributed by atoms with Crippen molar-refractivity contribution in [2.24, 2.45) is 23.0 Å². The van der Waals surface area contributed by atoms with Crippen molar-refractivity contribution in [3.63, 3.8) is 0 Å². The smallest absolute Gasteiger partial charge is 0.239 e. The topological polar surface area (TPSA) is 46.3 Å². The van der Waals surface area contributed by atoms with E-state index in [-0.39, 0.29) is 11.9 Å². The van der Waals surface area contributed by atoms with Crippen LogP contribution >= 0.6 is 0 Å². The van der Waals surface area contributed by atoms with Crippen LogP contribution in [0.2, 0.25) is 0 Å². The van der Waals surface area contributed by atoms with Gasteiger partial charge in [-0.2, -0.15) is 0 Å². The predicted molar refractivity (Wildman–Crippen MR) is 80.8 cm³/mol. The van der Waals surface area contributed by atoms with Gasteiger partial charge in [0, 0.05) is 13.1 Å². The lowest BCUT2D eigenvalue weighted by atomic mass is 9.77. The van der Waals surface area contributed by atoms with Crippen molar-refractivity contribution in [2.75, 3.05) is 13.1 Å². The fourth-order valence-corrected chi connectivity index (χ4v) is 3.03. The molecule has 2 N–H and O–H groups in total. The first-order chi connectivity index (χ1) is 8.71. The minimum atomic E-state index is -0.314. The van der Waals surface area contributed by atoms with Crippen LogP contribution in [0, 0.1) is 17.3 Å². The second-order valence-corrected chi connectivity index (χ2v) is 7.56. The Kier molecular flexibility index (Phi) is 5.84. The van der Waals surface area contributed by atoms with Gasteiger partial charge >= 0.3 is 0 Å². The molecule has 0 aromatic heterocycles. The lowest BCUT2D eigenvalue weighted by Gasteiger charge is -2.30. The number of carbonyl (C=O) groups is 1. The molecule has 1 saturated heterocycles. The molecule has 1 amide bonds. The third-order valence-electron chi connectivity index (χ3n) is 4.31. The Hall–Kier alpha value is -0.570. The molecule has 1 aliphatic heterocycles. The molecule has 2 atom stereocenters. The van der Waals surface area contributed by atoms with Crippen molar-refractivity contribution in [3.05, 3.63) is 0 Å². The number of likely N-dealkylation sites (tertiary alicyclic amines) is 1. The molecular formula is C16H32N2O. The maximum atomic E-state index is 12.3. The molecule has 0 bridgehead atoms. The number of hydrogen-bond acceptors (Lipinski definition) is 2. The first-order valence-electron chi connectivity index (χ1n) is 7.76. The molecule has 0 aromatic rings. The highest BCUT2D eigenvalue weighted by molar-refractivity contribution is 5.81. The van der Waals surface area contributed by atoms with Gasteiger partial charge in [-0.15, -0.1) is 0 Å². The van der Waals surface area contributed by atoms with Crippen LogP contribution in [0.15, 0.2) is 0 Å². The molecule has 3 nitrogen and oxygen atoms in total. The van der Waals surface area contributed by atoms with Crippen LogP contribution in [0.25, 0.3) is 0 Å². The molecule has 112 valence electrons. The summed E-state index contributed by atoms with van der Waals surface area (Å²) in [5.74, 6) is 1.35. The van der Waals surface area contributed by atoms with Gasteiger partial charge in [-0.05, 0) is 42.9 Å². The van der Waals surface area contributed by atoms with Crippen molar-refractivity contribution < 1.29 is 4.79 Å². The average Bonchev–Trinajstić information content (AvgIpc) is 2.51. The highest BCUT2D eigenvalue weighted by atomic mass is 16.2. The second kappa shape index (κ2) is 6.74. The maximum absolute atomic E-state index is 12.3. The molecule has 3 heteroatoms. The molecule has 1 rings (SSSR count). The standard InChI is InChI=1S/C16H32N2O/c1-12(2)11-14(17)15(19)18-9-6-7-13(8-10-18)16(3,4)5/h12-14H,6-11,17H2,1-5H3. The van der Waals surface area contributed by atoms with Gasteiger partial charge in [0.2, 0.25) is 5.91 Å². The molecule has 0 spiro atoms. The van der Waals surface area contributed by atoms with E-state index in [0.717, 1.165) is 32.4 Å². The van der Waals surface area contributed by atoms with Gasteiger partial charge in [0.1, 0.15) is 0 Å². The maximum Gasteiger partial charge on any atom is 0.239 e. The third kappa shape index (κ3) is 5.13. The first-order valence-corrected chi connectivity index (χ1v) is 7.76. The molecule has 2 unspecified atom stereocenters. The van der Waals surface area contributed by atoms with Crippen LogP contribution in [0.4, 0.5) is 0 Å². The van der Waals surface area contributed by atoms with Gasteiger partial charge < -0.3 is 10.6 Å². The minimum Gasteiger partial charge on any atom is -0.341 e. The molecule has 0 aromatic carbocycles. The number of rotatable bonds is 3. The van der Waals surface area contributed by atoms with Crippen LogP contribution in [0.5, 0.6) is 0 Å². The van der Waals surface area contributed by atoms with Crippen LogP contribution in [0.1, 0.15) is 60.3 Å². The highest BCUT2D eigenvalue weighted by Gasteiger charge is 2.29. The van der Waals surface area contributed by atoms with Crippen molar-refractivity contribution >= 4 is 5.91 Å². The normalized spacial score (nSPS) is 23.3. The van der Waals surface area contributed by atoms with E-state index in [9.17, 15) is 4.79 Å². The zero-order chi connectivity index (χ0) is 14.6. The fraction of sp³-hybridized carbons (Fsp3) is 0.938. The lowest BCUT2D eigenvalue weighted by Crippen LogP contribution is -2.44. The van der Waals surface area contributed by atoms with E-state index in [4.69, 9.17) is 5.73 Å². The lowest BCUT2D eigenvalue weighted by molar-refractivity contribution is -0.133. The van der Waals surface area contributed by atoms with E-state index in [1.54, 1.807) is 0 Å². The summed E-state index contributed by atoms with van der Waals surface area (Å²) in [6.45, 7) is 12.9. The quantitative estimate of drug-likeness (QED) is 0.855. The summed E-state index contributed by atoms with van der Waals surface area (Å²) in [5.41, 5.74) is 6.38. The molecule has 0 saturated carbocycles. The van der Waals surface area contributed by atoms with Gasteiger partial charge in [-0.25, -0.2) is 0 Å². The largest absolute Gasteiger partial charge is 0.341 e. The minimum absolute atomic E-state index is 0.156. The van der Waals surface area contributed by atoms with Crippen LogP contribution in [-0.2, 0) is 4.79 Å². The number of nitrogens with two attached hydrogens (primary N) is 1. The summed E-state index contributed by atoms with van der Waals surface area (Å²) < 4.78 is 0. The van der Waals surface area contributed by atoms with Crippen molar-refractivity contribution in [3.8, 4) is 0 Å². The van der Waals surface area contributed by atoms with E-state index < -0.39 is 0 Å². The Morgan fingerprint density at radius 2 is 1.89 bits per heavy atom. The Bertz CT molecular complexity index is 294. The highest BCUT2D eigenvalue weighted by Crippen LogP contribution is 2.34. The van der Waals surface area contributed by atoms with Gasteiger partial charge in [0.15, 0.2) is 0 Å². The molecule has 1 aliphatic rings. The molecular weight excluding hydrogens is 236 g/mol. The third-order valence-corrected chi connectivity index (χ3v) is 4.31. The van der Waals surface area contributed by atoms with Gasteiger partial charge in [0.25, 0.3) is 0 Å². The predicted octanol–water partition coefficient (Wildman–Crippen LogP) is 3.03. The molecule has 19 heavy (non-hydrogen) atoms. The summed E-state index contributed by atoms with van der Waals surface area (Å²) in [4.78, 5) is 14.3. The summed E-state index contributed by atoms with van der Waals surface area (Å²) in [7, 11) is 0. The second-order valence-electron chi connectivity index (χ2n) is 7.56. The Balaban J connectivity index is 2.55. The summed E-state index contributed by atoms with van der Waals surface area (Å²) in [6, 6.07) is -0.314. The van der Waals surface area contributed by atoms with Crippen LogP contribution in [-0.4, -0.2) is 29.9 Å². The molecule has 0 aliphatic carbocycles. The van der Waals surface area contributed by atoms with E-state index in [1.165, 1.54) is 6.42 Å². The zero-order valence-corrected chi connectivity index (χ0v) is 13.4. The fourth-order valence-electron chi connectivity index (χ4n) is 3.03.